The molecule has 0 fully saturated rings. The Morgan fingerprint density at radius 2 is 1.00 bits per heavy atom. The lowest BCUT2D eigenvalue weighted by Gasteiger charge is -2.41. The second-order valence-electron chi connectivity index (χ2n) is 10.1. The predicted molar refractivity (Wildman–Crippen MR) is 129 cm³/mol. The van der Waals surface area contributed by atoms with Gasteiger partial charge in [0.05, 0.1) is 38.0 Å². The highest BCUT2D eigenvalue weighted by molar-refractivity contribution is 5.69. The van der Waals surface area contributed by atoms with Gasteiger partial charge >= 0.3 is 11.9 Å². The summed E-state index contributed by atoms with van der Waals surface area (Å²) in [6, 6.07) is 0. The third kappa shape index (κ3) is 15.0. The standard InChI is InChI=1S/C26H49NO6/c1-5-6-7-8-9-10-11-12-13-17-27(18-14-21(2)24(28)29,19-15-22(3)25(30)31)20-16-23(4)26(32)33/h21-23H,5-20H2,1-4H3,(H2-,28,29,30,31,32,33). The summed E-state index contributed by atoms with van der Waals surface area (Å²) >= 11 is 0. The molecule has 0 aliphatic carbocycles. The van der Waals surface area contributed by atoms with E-state index in [4.69, 9.17) is 0 Å². The molecule has 0 aliphatic rings. The molecule has 0 saturated heterocycles. The fraction of sp³-hybridized carbons (Fsp3) is 0.885. The van der Waals surface area contributed by atoms with Crippen LogP contribution in [0.5, 0.6) is 0 Å². The van der Waals surface area contributed by atoms with Crippen LogP contribution in [0.15, 0.2) is 0 Å². The van der Waals surface area contributed by atoms with Crippen molar-refractivity contribution < 1.29 is 34.2 Å². The molecule has 0 spiro atoms. The third-order valence-electron chi connectivity index (χ3n) is 7.09. The fourth-order valence-electron chi connectivity index (χ4n) is 4.20. The van der Waals surface area contributed by atoms with Gasteiger partial charge in [0.15, 0.2) is 0 Å². The number of rotatable bonds is 22. The van der Waals surface area contributed by atoms with Gasteiger partial charge < -0.3 is 24.6 Å². The number of carboxylic acid groups (broad SMARTS) is 3. The van der Waals surface area contributed by atoms with E-state index in [-0.39, 0.29) is 0 Å². The minimum atomic E-state index is -1.08. The molecule has 0 aromatic heterocycles. The number of carboxylic acids is 3. The normalized spacial score (nSPS) is 16.0. The fourth-order valence-corrected chi connectivity index (χ4v) is 4.20. The van der Waals surface area contributed by atoms with Gasteiger partial charge in [-0.05, 0) is 12.8 Å². The number of hydrogen-bond acceptors (Lipinski definition) is 4. The SMILES string of the molecule is CCCCCCCCCCC[N+](CCC(C)C(=O)[O-])(CCC(C)C(=O)O)CCC(C)C(=O)O. The van der Waals surface area contributed by atoms with Crippen molar-refractivity contribution in [1.29, 1.82) is 0 Å². The van der Waals surface area contributed by atoms with Crippen LogP contribution < -0.4 is 5.11 Å². The van der Waals surface area contributed by atoms with Crippen molar-refractivity contribution >= 4 is 17.9 Å². The first-order chi connectivity index (χ1) is 15.5. The lowest BCUT2D eigenvalue weighted by Crippen LogP contribution is -2.52. The molecule has 2 N–H and O–H groups in total. The third-order valence-corrected chi connectivity index (χ3v) is 7.09. The van der Waals surface area contributed by atoms with Crippen LogP contribution in [0.4, 0.5) is 0 Å². The molecule has 0 heterocycles. The number of hydrogen-bond donors (Lipinski definition) is 2. The van der Waals surface area contributed by atoms with E-state index < -0.39 is 35.7 Å². The number of carbonyl (C=O) groups excluding carboxylic acids is 1. The Kier molecular flexibility index (Phi) is 16.9. The summed E-state index contributed by atoms with van der Waals surface area (Å²) in [4.78, 5) is 34.0. The van der Waals surface area contributed by atoms with Gasteiger partial charge in [-0.1, -0.05) is 72.6 Å². The van der Waals surface area contributed by atoms with E-state index in [1.165, 1.54) is 44.9 Å². The summed E-state index contributed by atoms with van der Waals surface area (Å²) in [6.07, 6.45) is 12.3. The molecule has 7 heteroatoms. The van der Waals surface area contributed by atoms with Crippen LogP contribution in [0.2, 0.25) is 0 Å². The van der Waals surface area contributed by atoms with Gasteiger partial charge in [-0.3, -0.25) is 9.59 Å². The second-order valence-corrected chi connectivity index (χ2v) is 10.1. The molecule has 0 aromatic rings. The molecule has 0 amide bonds. The van der Waals surface area contributed by atoms with Gasteiger partial charge in [-0.15, -0.1) is 0 Å². The Balaban J connectivity index is 5.11. The average Bonchev–Trinajstić information content (AvgIpc) is 2.77. The maximum absolute atomic E-state index is 11.4. The predicted octanol–water partition coefficient (Wildman–Crippen LogP) is 4.33. The summed E-state index contributed by atoms with van der Waals surface area (Å²) in [7, 11) is 0. The van der Waals surface area contributed by atoms with Crippen molar-refractivity contribution in [1.82, 2.24) is 0 Å². The van der Waals surface area contributed by atoms with Crippen molar-refractivity contribution in [2.75, 3.05) is 26.2 Å². The Morgan fingerprint density at radius 1 is 0.636 bits per heavy atom. The highest BCUT2D eigenvalue weighted by Crippen LogP contribution is 2.21. The summed E-state index contributed by atoms with van der Waals surface area (Å²) in [5.74, 6) is -4.30. The summed E-state index contributed by atoms with van der Waals surface area (Å²) in [5.41, 5.74) is 0. The molecular weight excluding hydrogens is 422 g/mol. The van der Waals surface area contributed by atoms with Gasteiger partial charge in [-0.25, -0.2) is 0 Å². The number of nitrogens with zero attached hydrogens (tertiary/aromatic N) is 1. The van der Waals surface area contributed by atoms with Crippen LogP contribution in [0, 0.1) is 17.8 Å². The van der Waals surface area contributed by atoms with Gasteiger partial charge in [0.2, 0.25) is 0 Å². The second kappa shape index (κ2) is 17.8. The molecule has 33 heavy (non-hydrogen) atoms. The summed E-state index contributed by atoms with van der Waals surface area (Å²) in [5, 5.41) is 30.0. The van der Waals surface area contributed by atoms with Crippen molar-refractivity contribution in [3.05, 3.63) is 0 Å². The van der Waals surface area contributed by atoms with Crippen LogP contribution in [-0.2, 0) is 14.4 Å². The number of aliphatic carboxylic acids is 3. The maximum Gasteiger partial charge on any atom is 0.306 e. The molecule has 0 rings (SSSR count). The highest BCUT2D eigenvalue weighted by Gasteiger charge is 2.30. The van der Waals surface area contributed by atoms with E-state index in [2.05, 4.69) is 6.92 Å². The number of unbranched alkanes of at least 4 members (excludes halogenated alkanes) is 8. The highest BCUT2D eigenvalue weighted by atomic mass is 16.4. The molecule has 0 aromatic carbocycles. The van der Waals surface area contributed by atoms with Crippen LogP contribution in [-0.4, -0.2) is 58.8 Å². The monoisotopic (exact) mass is 471 g/mol. The van der Waals surface area contributed by atoms with E-state index >= 15 is 0 Å². The van der Waals surface area contributed by atoms with E-state index in [1.54, 1.807) is 20.8 Å². The number of quaternary nitrogens is 1. The van der Waals surface area contributed by atoms with E-state index in [0.29, 0.717) is 43.4 Å². The molecule has 194 valence electrons. The van der Waals surface area contributed by atoms with E-state index in [1.807, 2.05) is 0 Å². The van der Waals surface area contributed by atoms with Crippen LogP contribution in [0.25, 0.3) is 0 Å². The van der Waals surface area contributed by atoms with E-state index in [0.717, 1.165) is 19.4 Å². The summed E-state index contributed by atoms with van der Waals surface area (Å²) < 4.78 is 0.587. The van der Waals surface area contributed by atoms with Crippen LogP contribution >= 0.6 is 0 Å². The van der Waals surface area contributed by atoms with Gasteiger partial charge in [0.1, 0.15) is 0 Å². The number of carbonyl (C=O) groups is 3. The molecule has 0 saturated carbocycles. The molecule has 3 atom stereocenters. The Labute approximate surface area is 201 Å². The average molecular weight is 472 g/mol. The van der Waals surface area contributed by atoms with Gasteiger partial charge in [0.25, 0.3) is 0 Å². The van der Waals surface area contributed by atoms with Crippen LogP contribution in [0.3, 0.4) is 0 Å². The van der Waals surface area contributed by atoms with Crippen molar-refractivity contribution in [2.24, 2.45) is 17.8 Å². The Hall–Kier alpha value is -1.63. The van der Waals surface area contributed by atoms with Gasteiger partial charge in [0, 0.05) is 31.1 Å². The molecular formula is C26H49NO6. The topological polar surface area (TPSA) is 115 Å². The molecule has 0 radical (unpaired) electrons. The molecule has 3 unspecified atom stereocenters. The van der Waals surface area contributed by atoms with Crippen molar-refractivity contribution in [3.8, 4) is 0 Å². The van der Waals surface area contributed by atoms with Gasteiger partial charge in [-0.2, -0.15) is 0 Å². The minimum absolute atomic E-state index is 0.447. The smallest absolute Gasteiger partial charge is 0.306 e. The zero-order valence-electron chi connectivity index (χ0n) is 21.5. The lowest BCUT2D eigenvalue weighted by atomic mass is 10.0. The van der Waals surface area contributed by atoms with E-state index in [9.17, 15) is 29.7 Å². The Morgan fingerprint density at radius 3 is 1.36 bits per heavy atom. The first-order valence-electron chi connectivity index (χ1n) is 13.1. The quantitative estimate of drug-likeness (QED) is 0.179. The molecule has 0 aliphatic heterocycles. The first kappa shape index (κ1) is 31.4. The van der Waals surface area contributed by atoms with Crippen molar-refractivity contribution in [3.63, 3.8) is 0 Å². The maximum atomic E-state index is 11.4. The zero-order valence-corrected chi connectivity index (χ0v) is 21.5. The van der Waals surface area contributed by atoms with Crippen LogP contribution in [0.1, 0.15) is 105 Å². The molecule has 0 bridgehead atoms. The lowest BCUT2D eigenvalue weighted by molar-refractivity contribution is -0.929. The minimum Gasteiger partial charge on any atom is -0.550 e. The summed E-state index contributed by atoms with van der Waals surface area (Å²) in [6.45, 7) is 9.92. The van der Waals surface area contributed by atoms with Crippen molar-refractivity contribution in [2.45, 2.75) is 105 Å². The zero-order chi connectivity index (χ0) is 25.3. The first-order valence-corrected chi connectivity index (χ1v) is 13.1. The largest absolute Gasteiger partial charge is 0.550 e. The Bertz CT molecular complexity index is 505. The molecule has 7 nitrogen and oxygen atoms in total.